The highest BCUT2D eigenvalue weighted by Gasteiger charge is 2.03. The zero-order valence-electron chi connectivity index (χ0n) is 7.90. The quantitative estimate of drug-likeness (QED) is 0.406. The van der Waals surface area contributed by atoms with Crippen LogP contribution in [-0.2, 0) is 0 Å². The summed E-state index contributed by atoms with van der Waals surface area (Å²) in [6.45, 7) is 3.29. The molecule has 13 heavy (non-hydrogen) atoms. The molecular weight excluding hydrogens is 168 g/mol. The minimum absolute atomic E-state index is 0.0729. The van der Waals surface area contributed by atoms with Crippen LogP contribution in [0.3, 0.4) is 0 Å². The number of allylic oxidation sites excluding steroid dienone is 1. The molecule has 0 aromatic heterocycles. The van der Waals surface area contributed by atoms with Gasteiger partial charge in [-0.25, -0.2) is 0 Å². The van der Waals surface area contributed by atoms with E-state index in [4.69, 9.17) is 22.3 Å². The predicted molar refractivity (Wildman–Crippen MR) is 53.1 cm³/mol. The maximum Gasteiger partial charge on any atom is 0.0955 e. The van der Waals surface area contributed by atoms with Crippen molar-refractivity contribution in [1.82, 2.24) is 4.90 Å². The minimum Gasteiger partial charge on any atom is -0.403 e. The predicted octanol–water partition coefficient (Wildman–Crippen LogP) is -1.14. The van der Waals surface area contributed by atoms with Gasteiger partial charge >= 0.3 is 0 Å². The van der Waals surface area contributed by atoms with E-state index in [1.807, 2.05) is 11.8 Å². The number of rotatable bonds is 5. The van der Waals surface area contributed by atoms with Gasteiger partial charge in [0.15, 0.2) is 0 Å². The van der Waals surface area contributed by atoms with E-state index in [1.165, 1.54) is 6.20 Å². The van der Waals surface area contributed by atoms with Gasteiger partial charge in [0.2, 0.25) is 0 Å². The summed E-state index contributed by atoms with van der Waals surface area (Å²) in [6, 6.07) is 0. The zero-order chi connectivity index (χ0) is 10.3. The van der Waals surface area contributed by atoms with Crippen LogP contribution in [0.25, 0.3) is 0 Å². The first kappa shape index (κ1) is 11.6. The zero-order valence-corrected chi connectivity index (χ0v) is 7.90. The third-order valence-corrected chi connectivity index (χ3v) is 1.60. The van der Waals surface area contributed by atoms with E-state index in [2.05, 4.69) is 0 Å². The van der Waals surface area contributed by atoms with E-state index in [0.29, 0.717) is 6.54 Å². The minimum atomic E-state index is 0.0729. The summed E-state index contributed by atoms with van der Waals surface area (Å²) in [6.07, 6.45) is 2.98. The summed E-state index contributed by atoms with van der Waals surface area (Å²) < 4.78 is 0. The van der Waals surface area contributed by atoms with Crippen LogP contribution in [-0.4, -0.2) is 29.7 Å². The van der Waals surface area contributed by atoms with E-state index in [-0.39, 0.29) is 12.4 Å². The summed E-state index contributed by atoms with van der Waals surface area (Å²) in [5, 5.41) is 8.75. The summed E-state index contributed by atoms with van der Waals surface area (Å²) in [5.74, 6) is 0.202. The normalized spacial score (nSPS) is 11.1. The monoisotopic (exact) mass is 186 g/mol. The van der Waals surface area contributed by atoms with Gasteiger partial charge in [0.1, 0.15) is 0 Å². The fraction of sp³-hybridized carbons (Fsp3) is 0.500. The van der Waals surface area contributed by atoms with Crippen molar-refractivity contribution in [2.75, 3.05) is 19.7 Å². The summed E-state index contributed by atoms with van der Waals surface area (Å²) in [5.41, 5.74) is 16.7. The molecule has 5 nitrogen and oxygen atoms in total. The van der Waals surface area contributed by atoms with Gasteiger partial charge < -0.3 is 27.2 Å². The van der Waals surface area contributed by atoms with E-state index >= 15 is 0 Å². The number of hydrogen-bond donors (Lipinski definition) is 4. The molecule has 0 aliphatic heterocycles. The van der Waals surface area contributed by atoms with Gasteiger partial charge in [-0.2, -0.15) is 0 Å². The molecule has 0 radical (unpaired) electrons. The third kappa shape index (κ3) is 4.27. The van der Waals surface area contributed by atoms with Crippen molar-refractivity contribution in [1.29, 1.82) is 0 Å². The molecule has 7 N–H and O–H groups in total. The maximum atomic E-state index is 8.75. The van der Waals surface area contributed by atoms with Crippen molar-refractivity contribution in [3.63, 3.8) is 0 Å². The van der Waals surface area contributed by atoms with Crippen molar-refractivity contribution in [3.8, 4) is 0 Å². The van der Waals surface area contributed by atoms with Crippen LogP contribution in [0.2, 0.25) is 0 Å². The average molecular weight is 186 g/mol. The van der Waals surface area contributed by atoms with E-state index in [1.54, 1.807) is 6.08 Å². The van der Waals surface area contributed by atoms with Gasteiger partial charge in [-0.05, 0) is 6.92 Å². The number of aliphatic hydroxyl groups excluding tert-OH is 1. The number of hydrogen-bond acceptors (Lipinski definition) is 5. The van der Waals surface area contributed by atoms with Crippen molar-refractivity contribution < 1.29 is 5.11 Å². The average Bonchev–Trinajstić information content (AvgIpc) is 2.10. The highest BCUT2D eigenvalue weighted by molar-refractivity contribution is 5.18. The lowest BCUT2D eigenvalue weighted by Gasteiger charge is -2.22. The summed E-state index contributed by atoms with van der Waals surface area (Å²) >= 11 is 0. The van der Waals surface area contributed by atoms with Gasteiger partial charge in [0.25, 0.3) is 0 Å². The molecule has 0 aliphatic carbocycles. The van der Waals surface area contributed by atoms with E-state index < -0.39 is 0 Å². The Morgan fingerprint density at radius 2 is 2.08 bits per heavy atom. The van der Waals surface area contributed by atoms with E-state index in [9.17, 15) is 0 Å². The Morgan fingerprint density at radius 3 is 2.38 bits per heavy atom. The molecule has 0 aliphatic rings. The highest BCUT2D eigenvalue weighted by Crippen LogP contribution is 2.03. The van der Waals surface area contributed by atoms with Crippen LogP contribution in [0.4, 0.5) is 0 Å². The molecule has 5 heteroatoms. The number of nitrogens with two attached hydrogens (primary N) is 3. The smallest absolute Gasteiger partial charge is 0.0955 e. The topological polar surface area (TPSA) is 102 Å². The second-order valence-corrected chi connectivity index (χ2v) is 2.54. The first-order chi connectivity index (χ1) is 6.15. The molecule has 0 aromatic rings. The molecule has 0 atom stereocenters. The standard InChI is InChI=1S/C8H18N4O/c1-2-12(3-4-13)7(6-9)5-8(10)11/h5-6,13H,2-4,9-11H2,1H3/b7-6+. The lowest BCUT2D eigenvalue weighted by molar-refractivity contribution is 0.234. The summed E-state index contributed by atoms with van der Waals surface area (Å²) in [4.78, 5) is 1.87. The van der Waals surface area contributed by atoms with E-state index in [0.717, 1.165) is 12.2 Å². The van der Waals surface area contributed by atoms with Gasteiger partial charge in [-0.1, -0.05) is 0 Å². The van der Waals surface area contributed by atoms with Crippen LogP contribution in [0.5, 0.6) is 0 Å². The Balaban J connectivity index is 4.45. The largest absolute Gasteiger partial charge is 0.403 e. The first-order valence-corrected chi connectivity index (χ1v) is 4.16. The van der Waals surface area contributed by atoms with Crippen LogP contribution in [0, 0.1) is 0 Å². The van der Waals surface area contributed by atoms with Gasteiger partial charge in [0.05, 0.1) is 18.1 Å². The third-order valence-electron chi connectivity index (χ3n) is 1.60. The lowest BCUT2D eigenvalue weighted by Crippen LogP contribution is -2.27. The number of likely N-dealkylation sites (N-methyl/N-ethyl adjacent to an activating group) is 1. The van der Waals surface area contributed by atoms with Crippen LogP contribution in [0.1, 0.15) is 6.92 Å². The van der Waals surface area contributed by atoms with Crippen LogP contribution >= 0.6 is 0 Å². The van der Waals surface area contributed by atoms with Gasteiger partial charge in [-0.15, -0.1) is 0 Å². The summed E-state index contributed by atoms with van der Waals surface area (Å²) in [7, 11) is 0. The van der Waals surface area contributed by atoms with Gasteiger partial charge in [-0.3, -0.25) is 0 Å². The second kappa shape index (κ2) is 6.19. The van der Waals surface area contributed by atoms with Gasteiger partial charge in [0, 0.05) is 25.4 Å². The molecule has 0 spiro atoms. The molecule has 0 amide bonds. The second-order valence-electron chi connectivity index (χ2n) is 2.54. The van der Waals surface area contributed by atoms with Crippen LogP contribution < -0.4 is 17.2 Å². The molecule has 0 bridgehead atoms. The number of nitrogens with zero attached hydrogens (tertiary/aromatic N) is 1. The fourth-order valence-corrected chi connectivity index (χ4v) is 1.01. The lowest BCUT2D eigenvalue weighted by atomic mass is 10.3. The molecule has 76 valence electrons. The fourth-order valence-electron chi connectivity index (χ4n) is 1.01. The molecule has 0 rings (SSSR count). The Labute approximate surface area is 78.5 Å². The van der Waals surface area contributed by atoms with Crippen LogP contribution in [0.15, 0.2) is 23.8 Å². The SMILES string of the molecule is CCN(CCO)/C(C=C(N)N)=C/N. The van der Waals surface area contributed by atoms with Crippen molar-refractivity contribution >= 4 is 0 Å². The molecule has 0 heterocycles. The molecule has 0 saturated carbocycles. The Morgan fingerprint density at radius 1 is 1.46 bits per heavy atom. The molecule has 0 fully saturated rings. The Hall–Kier alpha value is -1.36. The molecular formula is C8H18N4O. The maximum absolute atomic E-state index is 8.75. The first-order valence-electron chi connectivity index (χ1n) is 4.16. The molecule has 0 unspecified atom stereocenters. The molecule has 0 saturated heterocycles. The van der Waals surface area contributed by atoms with Crippen molar-refractivity contribution in [3.05, 3.63) is 23.8 Å². The molecule has 0 aromatic carbocycles. The Bertz CT molecular complexity index is 196. The van der Waals surface area contributed by atoms with Crippen molar-refractivity contribution in [2.24, 2.45) is 17.2 Å². The number of aliphatic hydroxyl groups is 1. The highest BCUT2D eigenvalue weighted by atomic mass is 16.3. The van der Waals surface area contributed by atoms with Crippen molar-refractivity contribution in [2.45, 2.75) is 6.92 Å². The Kier molecular flexibility index (Phi) is 5.54.